The van der Waals surface area contributed by atoms with E-state index in [-0.39, 0.29) is 11.6 Å². The SMILES string of the molecule is COc1cccc(CC(N)CC2CCC(C)(C)O2)c1. The van der Waals surface area contributed by atoms with Crippen molar-refractivity contribution in [1.29, 1.82) is 0 Å². The Morgan fingerprint density at radius 3 is 2.89 bits per heavy atom. The average Bonchev–Trinajstić information content (AvgIpc) is 2.68. The summed E-state index contributed by atoms with van der Waals surface area (Å²) in [6.07, 6.45) is 4.37. The minimum Gasteiger partial charge on any atom is -0.497 e. The number of nitrogens with two attached hydrogens (primary N) is 1. The Balaban J connectivity index is 1.85. The molecule has 1 heterocycles. The van der Waals surface area contributed by atoms with Crippen LogP contribution in [0.15, 0.2) is 24.3 Å². The number of benzene rings is 1. The minimum atomic E-state index is 0.0281. The highest BCUT2D eigenvalue weighted by molar-refractivity contribution is 5.28. The van der Waals surface area contributed by atoms with Gasteiger partial charge >= 0.3 is 0 Å². The molecule has 0 bridgehead atoms. The van der Waals surface area contributed by atoms with Crippen molar-refractivity contribution >= 4 is 0 Å². The van der Waals surface area contributed by atoms with Crippen molar-refractivity contribution in [2.24, 2.45) is 5.73 Å². The molecule has 1 aromatic rings. The molecule has 2 atom stereocenters. The molecule has 0 aliphatic carbocycles. The fraction of sp³-hybridized carbons (Fsp3) is 0.625. The van der Waals surface area contributed by atoms with Crippen LogP contribution < -0.4 is 10.5 Å². The summed E-state index contributed by atoms with van der Waals surface area (Å²) in [5, 5.41) is 0. The van der Waals surface area contributed by atoms with Crippen LogP contribution in [-0.2, 0) is 11.2 Å². The number of rotatable bonds is 5. The van der Waals surface area contributed by atoms with E-state index in [1.54, 1.807) is 7.11 Å². The number of methoxy groups -OCH3 is 1. The van der Waals surface area contributed by atoms with Gasteiger partial charge in [0.15, 0.2) is 0 Å². The highest BCUT2D eigenvalue weighted by atomic mass is 16.5. The van der Waals surface area contributed by atoms with Gasteiger partial charge in [-0.2, -0.15) is 0 Å². The first-order valence-corrected chi connectivity index (χ1v) is 7.05. The summed E-state index contributed by atoms with van der Waals surface area (Å²) in [4.78, 5) is 0. The van der Waals surface area contributed by atoms with Crippen LogP contribution in [0.25, 0.3) is 0 Å². The molecule has 0 amide bonds. The van der Waals surface area contributed by atoms with Gasteiger partial charge in [0.05, 0.1) is 18.8 Å². The highest BCUT2D eigenvalue weighted by Gasteiger charge is 2.32. The molecule has 0 spiro atoms. The predicted molar refractivity (Wildman–Crippen MR) is 77.5 cm³/mol. The van der Waals surface area contributed by atoms with Crippen molar-refractivity contribution in [2.75, 3.05) is 7.11 Å². The summed E-state index contributed by atoms with van der Waals surface area (Å²) in [5.41, 5.74) is 7.50. The van der Waals surface area contributed by atoms with Crippen LogP contribution in [0.1, 0.15) is 38.7 Å². The van der Waals surface area contributed by atoms with Crippen LogP contribution in [0.3, 0.4) is 0 Å². The third kappa shape index (κ3) is 4.22. The molecule has 2 unspecified atom stereocenters. The zero-order valence-corrected chi connectivity index (χ0v) is 12.2. The lowest BCUT2D eigenvalue weighted by molar-refractivity contribution is -0.0205. The molecule has 2 rings (SSSR count). The minimum absolute atomic E-state index is 0.0281. The van der Waals surface area contributed by atoms with Crippen molar-refractivity contribution in [3.05, 3.63) is 29.8 Å². The summed E-state index contributed by atoms with van der Waals surface area (Å²) in [6, 6.07) is 8.26. The number of ether oxygens (including phenoxy) is 2. The zero-order valence-electron chi connectivity index (χ0n) is 12.2. The van der Waals surface area contributed by atoms with Crippen molar-refractivity contribution in [3.63, 3.8) is 0 Å². The van der Waals surface area contributed by atoms with Gasteiger partial charge in [0.1, 0.15) is 5.75 Å². The molecular weight excluding hydrogens is 238 g/mol. The molecule has 3 nitrogen and oxygen atoms in total. The summed E-state index contributed by atoms with van der Waals surface area (Å²) in [6.45, 7) is 4.31. The van der Waals surface area contributed by atoms with E-state index in [0.717, 1.165) is 31.4 Å². The molecule has 0 radical (unpaired) electrons. The van der Waals surface area contributed by atoms with Gasteiger partial charge in [-0.05, 0) is 57.2 Å². The topological polar surface area (TPSA) is 44.5 Å². The predicted octanol–water partition coefficient (Wildman–Crippen LogP) is 2.91. The smallest absolute Gasteiger partial charge is 0.119 e. The van der Waals surface area contributed by atoms with Gasteiger partial charge < -0.3 is 15.2 Å². The Morgan fingerprint density at radius 1 is 1.47 bits per heavy atom. The second kappa shape index (κ2) is 5.93. The van der Waals surface area contributed by atoms with Crippen LogP contribution in [-0.4, -0.2) is 24.9 Å². The molecule has 1 aliphatic rings. The molecule has 1 aliphatic heterocycles. The van der Waals surface area contributed by atoms with Crippen LogP contribution in [0, 0.1) is 0 Å². The second-order valence-corrected chi connectivity index (χ2v) is 6.09. The first-order valence-electron chi connectivity index (χ1n) is 7.05. The monoisotopic (exact) mass is 263 g/mol. The largest absolute Gasteiger partial charge is 0.497 e. The standard InChI is InChI=1S/C16H25NO2/c1-16(2)8-7-15(19-16)11-13(17)9-12-5-4-6-14(10-12)18-3/h4-6,10,13,15H,7-9,11,17H2,1-3H3. The van der Waals surface area contributed by atoms with Crippen molar-refractivity contribution in [1.82, 2.24) is 0 Å². The van der Waals surface area contributed by atoms with Gasteiger partial charge in [-0.25, -0.2) is 0 Å². The number of hydrogen-bond acceptors (Lipinski definition) is 3. The maximum absolute atomic E-state index is 6.24. The first kappa shape index (κ1) is 14.4. The van der Waals surface area contributed by atoms with Crippen LogP contribution in [0.2, 0.25) is 0 Å². The third-order valence-electron chi connectivity index (χ3n) is 3.75. The fourth-order valence-corrected chi connectivity index (χ4v) is 2.77. The Labute approximate surface area is 116 Å². The Morgan fingerprint density at radius 2 is 2.26 bits per heavy atom. The van der Waals surface area contributed by atoms with Crippen LogP contribution in [0.4, 0.5) is 0 Å². The molecule has 1 saturated heterocycles. The van der Waals surface area contributed by atoms with Gasteiger partial charge in [0, 0.05) is 6.04 Å². The van der Waals surface area contributed by atoms with Gasteiger partial charge in [0.2, 0.25) is 0 Å². The normalized spacial score (nSPS) is 23.3. The molecule has 1 fully saturated rings. The molecule has 106 valence electrons. The molecule has 0 saturated carbocycles. The van der Waals surface area contributed by atoms with E-state index < -0.39 is 0 Å². The maximum Gasteiger partial charge on any atom is 0.119 e. The van der Waals surface area contributed by atoms with Crippen molar-refractivity contribution in [2.45, 2.75) is 57.3 Å². The van der Waals surface area contributed by atoms with E-state index in [0.29, 0.717) is 6.10 Å². The lowest BCUT2D eigenvalue weighted by atomic mass is 9.99. The van der Waals surface area contributed by atoms with E-state index in [4.69, 9.17) is 15.2 Å². The molecule has 19 heavy (non-hydrogen) atoms. The van der Waals surface area contributed by atoms with E-state index in [1.165, 1.54) is 5.56 Å². The number of hydrogen-bond donors (Lipinski definition) is 1. The van der Waals surface area contributed by atoms with Crippen molar-refractivity contribution < 1.29 is 9.47 Å². The van der Waals surface area contributed by atoms with Crippen molar-refractivity contribution in [3.8, 4) is 5.75 Å². The Bertz CT molecular complexity index is 417. The Hall–Kier alpha value is -1.06. The van der Waals surface area contributed by atoms with Crippen LogP contribution >= 0.6 is 0 Å². The van der Waals surface area contributed by atoms with Gasteiger partial charge in [-0.1, -0.05) is 12.1 Å². The average molecular weight is 263 g/mol. The lowest BCUT2D eigenvalue weighted by Crippen LogP contribution is -2.29. The molecular formula is C16H25NO2. The first-order chi connectivity index (χ1) is 8.98. The molecule has 2 N–H and O–H groups in total. The highest BCUT2D eigenvalue weighted by Crippen LogP contribution is 2.31. The molecule has 3 heteroatoms. The summed E-state index contributed by atoms with van der Waals surface area (Å²) in [5.74, 6) is 0.892. The summed E-state index contributed by atoms with van der Waals surface area (Å²) >= 11 is 0. The summed E-state index contributed by atoms with van der Waals surface area (Å²) in [7, 11) is 1.69. The van der Waals surface area contributed by atoms with E-state index in [1.807, 2.05) is 12.1 Å². The second-order valence-electron chi connectivity index (χ2n) is 6.09. The van der Waals surface area contributed by atoms with E-state index >= 15 is 0 Å². The lowest BCUT2D eigenvalue weighted by Gasteiger charge is -2.21. The quantitative estimate of drug-likeness (QED) is 0.888. The van der Waals surface area contributed by atoms with Gasteiger partial charge in [-0.15, -0.1) is 0 Å². The summed E-state index contributed by atoms with van der Waals surface area (Å²) < 4.78 is 11.2. The maximum atomic E-state index is 6.24. The van der Waals surface area contributed by atoms with Crippen LogP contribution in [0.5, 0.6) is 5.75 Å². The molecule has 0 aromatic heterocycles. The van der Waals surface area contributed by atoms with E-state index in [2.05, 4.69) is 26.0 Å². The fourth-order valence-electron chi connectivity index (χ4n) is 2.77. The van der Waals surface area contributed by atoms with E-state index in [9.17, 15) is 0 Å². The molecule has 1 aromatic carbocycles. The van der Waals surface area contributed by atoms with Gasteiger partial charge in [-0.3, -0.25) is 0 Å². The Kier molecular flexibility index (Phi) is 4.48. The third-order valence-corrected chi connectivity index (χ3v) is 3.75. The van der Waals surface area contributed by atoms with Gasteiger partial charge in [0.25, 0.3) is 0 Å². The zero-order chi connectivity index (χ0) is 13.9.